The summed E-state index contributed by atoms with van der Waals surface area (Å²) in [5, 5.41) is 5.73. The molecule has 1 aliphatic rings. The predicted octanol–water partition coefficient (Wildman–Crippen LogP) is 2.79. The summed E-state index contributed by atoms with van der Waals surface area (Å²) in [6.45, 7) is 3.21. The molecule has 0 fully saturated rings. The van der Waals surface area contributed by atoms with E-state index in [0.717, 1.165) is 22.9 Å². The molecular weight excluding hydrogens is 288 g/mol. The van der Waals surface area contributed by atoms with E-state index in [9.17, 15) is 4.79 Å². The van der Waals surface area contributed by atoms with Gasteiger partial charge in [-0.1, -0.05) is 0 Å². The van der Waals surface area contributed by atoms with Gasteiger partial charge < -0.3 is 14.8 Å². The van der Waals surface area contributed by atoms with Crippen molar-refractivity contribution in [3.63, 3.8) is 0 Å². The van der Waals surface area contributed by atoms with E-state index in [1.165, 1.54) is 0 Å². The fraction of sp³-hybridized carbons (Fsp3) is 0.333. The summed E-state index contributed by atoms with van der Waals surface area (Å²) in [5.74, 6) is 1.31. The van der Waals surface area contributed by atoms with Gasteiger partial charge in [-0.05, 0) is 19.1 Å². The van der Waals surface area contributed by atoms with Crippen LogP contribution in [0.2, 0.25) is 0 Å². The average molecular weight is 304 g/mol. The lowest BCUT2D eigenvalue weighted by atomic mass is 10.2. The highest BCUT2D eigenvalue weighted by Crippen LogP contribution is 2.32. The van der Waals surface area contributed by atoms with Crippen molar-refractivity contribution in [2.45, 2.75) is 19.8 Å². The monoisotopic (exact) mass is 304 g/mol. The molecule has 2 heterocycles. The van der Waals surface area contributed by atoms with Gasteiger partial charge in [0.25, 0.3) is 0 Å². The highest BCUT2D eigenvalue weighted by molar-refractivity contribution is 7.09. The lowest BCUT2D eigenvalue weighted by Gasteiger charge is -2.10. The molecule has 0 radical (unpaired) electrons. The number of ether oxygens (including phenoxy) is 2. The second-order valence-electron chi connectivity index (χ2n) is 4.79. The van der Waals surface area contributed by atoms with Crippen molar-refractivity contribution in [2.75, 3.05) is 18.5 Å². The van der Waals surface area contributed by atoms with Crippen LogP contribution < -0.4 is 14.8 Å². The van der Waals surface area contributed by atoms with Crippen LogP contribution in [0.15, 0.2) is 23.6 Å². The number of hydrogen-bond donors (Lipinski definition) is 1. The Morgan fingerprint density at radius 3 is 2.90 bits per heavy atom. The maximum atomic E-state index is 12.0. The van der Waals surface area contributed by atoms with Crippen LogP contribution in [0, 0.1) is 6.92 Å². The minimum Gasteiger partial charge on any atom is -0.490 e. The number of hydrogen-bond acceptors (Lipinski definition) is 5. The predicted molar refractivity (Wildman–Crippen MR) is 81.2 cm³/mol. The molecule has 1 aromatic heterocycles. The molecule has 1 aromatic carbocycles. The fourth-order valence-electron chi connectivity index (χ4n) is 2.10. The van der Waals surface area contributed by atoms with Gasteiger partial charge in [0.2, 0.25) is 5.91 Å². The standard InChI is InChI=1S/C15H16N2O3S/c1-10-16-12(9-21-10)8-15(18)17-11-3-4-13-14(7-11)20-6-2-5-19-13/h3-4,7,9H,2,5-6,8H2,1H3,(H,17,18). The number of fused-ring (bicyclic) bond motifs is 1. The molecule has 2 aromatic rings. The zero-order chi connectivity index (χ0) is 14.7. The van der Waals surface area contributed by atoms with Gasteiger partial charge in [-0.25, -0.2) is 4.98 Å². The number of carbonyl (C=O) groups is 1. The molecule has 1 aliphatic heterocycles. The van der Waals surface area contributed by atoms with Gasteiger partial charge in [-0.15, -0.1) is 11.3 Å². The number of amides is 1. The van der Waals surface area contributed by atoms with Gasteiger partial charge in [0.15, 0.2) is 11.5 Å². The average Bonchev–Trinajstić information content (AvgIpc) is 2.73. The number of benzene rings is 1. The minimum absolute atomic E-state index is 0.0882. The zero-order valence-electron chi connectivity index (χ0n) is 11.7. The van der Waals surface area contributed by atoms with E-state index in [1.54, 1.807) is 17.4 Å². The molecule has 0 spiro atoms. The summed E-state index contributed by atoms with van der Waals surface area (Å²) in [6.07, 6.45) is 1.14. The number of aromatic nitrogens is 1. The molecule has 110 valence electrons. The summed E-state index contributed by atoms with van der Waals surface area (Å²) in [7, 11) is 0. The van der Waals surface area contributed by atoms with Gasteiger partial charge in [-0.3, -0.25) is 4.79 Å². The smallest absolute Gasteiger partial charge is 0.230 e. The second-order valence-corrected chi connectivity index (χ2v) is 5.86. The number of carbonyl (C=O) groups excluding carboxylic acids is 1. The van der Waals surface area contributed by atoms with E-state index < -0.39 is 0 Å². The fourth-order valence-corrected chi connectivity index (χ4v) is 2.71. The van der Waals surface area contributed by atoms with Crippen LogP contribution in [0.4, 0.5) is 5.69 Å². The third-order valence-electron chi connectivity index (χ3n) is 3.04. The highest BCUT2D eigenvalue weighted by Gasteiger charge is 2.12. The molecule has 1 amide bonds. The number of rotatable bonds is 3. The summed E-state index contributed by atoms with van der Waals surface area (Å²) in [5.41, 5.74) is 1.50. The van der Waals surface area contributed by atoms with E-state index in [-0.39, 0.29) is 12.3 Å². The lowest BCUT2D eigenvalue weighted by Crippen LogP contribution is -2.14. The summed E-state index contributed by atoms with van der Waals surface area (Å²) in [4.78, 5) is 16.3. The topological polar surface area (TPSA) is 60.5 Å². The second kappa shape index (κ2) is 6.13. The quantitative estimate of drug-likeness (QED) is 0.947. The van der Waals surface area contributed by atoms with Gasteiger partial charge in [0, 0.05) is 23.6 Å². The van der Waals surface area contributed by atoms with Gasteiger partial charge in [0.05, 0.1) is 30.3 Å². The van der Waals surface area contributed by atoms with Crippen molar-refractivity contribution in [2.24, 2.45) is 0 Å². The van der Waals surface area contributed by atoms with Crippen molar-refractivity contribution < 1.29 is 14.3 Å². The number of nitrogens with one attached hydrogen (secondary N) is 1. The third-order valence-corrected chi connectivity index (χ3v) is 3.86. The van der Waals surface area contributed by atoms with Gasteiger partial charge in [0.1, 0.15) is 0 Å². The van der Waals surface area contributed by atoms with E-state index in [4.69, 9.17) is 9.47 Å². The first-order valence-corrected chi connectivity index (χ1v) is 7.69. The largest absolute Gasteiger partial charge is 0.490 e. The molecule has 0 saturated carbocycles. The maximum Gasteiger partial charge on any atom is 0.230 e. The first-order chi connectivity index (χ1) is 10.2. The van der Waals surface area contributed by atoms with Crippen molar-refractivity contribution in [1.29, 1.82) is 0 Å². The SMILES string of the molecule is Cc1nc(CC(=O)Nc2ccc3c(c2)OCCCO3)cs1. The lowest BCUT2D eigenvalue weighted by molar-refractivity contribution is -0.115. The van der Waals surface area contributed by atoms with Crippen molar-refractivity contribution in [3.8, 4) is 11.5 Å². The van der Waals surface area contributed by atoms with E-state index in [1.807, 2.05) is 24.4 Å². The van der Waals surface area contributed by atoms with Crippen LogP contribution in [0.3, 0.4) is 0 Å². The molecule has 0 unspecified atom stereocenters. The van der Waals surface area contributed by atoms with E-state index in [0.29, 0.717) is 24.7 Å². The zero-order valence-corrected chi connectivity index (χ0v) is 12.5. The van der Waals surface area contributed by atoms with E-state index >= 15 is 0 Å². The molecule has 0 aliphatic carbocycles. The molecule has 6 heteroatoms. The van der Waals surface area contributed by atoms with Crippen LogP contribution >= 0.6 is 11.3 Å². The Kier molecular flexibility index (Phi) is 4.06. The number of anilines is 1. The Hall–Kier alpha value is -2.08. The molecule has 5 nitrogen and oxygen atoms in total. The van der Waals surface area contributed by atoms with Crippen LogP contribution in [0.25, 0.3) is 0 Å². The number of nitrogens with zero attached hydrogens (tertiary/aromatic N) is 1. The van der Waals surface area contributed by atoms with Crippen molar-refractivity contribution in [3.05, 3.63) is 34.3 Å². The van der Waals surface area contributed by atoms with E-state index in [2.05, 4.69) is 10.3 Å². The molecule has 1 N–H and O–H groups in total. The molecule has 3 rings (SSSR count). The molecule has 0 atom stereocenters. The number of aryl methyl sites for hydroxylation is 1. The summed E-state index contributed by atoms with van der Waals surface area (Å²) >= 11 is 1.55. The van der Waals surface area contributed by atoms with Crippen molar-refractivity contribution in [1.82, 2.24) is 4.98 Å². The molecule has 0 saturated heterocycles. The normalized spacial score (nSPS) is 13.6. The Morgan fingerprint density at radius 2 is 2.14 bits per heavy atom. The minimum atomic E-state index is -0.0882. The Morgan fingerprint density at radius 1 is 1.33 bits per heavy atom. The molecule has 0 bridgehead atoms. The Labute approximate surface area is 126 Å². The summed E-state index contributed by atoms with van der Waals surface area (Å²) < 4.78 is 11.2. The first kappa shape index (κ1) is 13.9. The molecule has 21 heavy (non-hydrogen) atoms. The first-order valence-electron chi connectivity index (χ1n) is 6.81. The van der Waals surface area contributed by atoms with Crippen LogP contribution in [0.1, 0.15) is 17.1 Å². The van der Waals surface area contributed by atoms with Crippen LogP contribution in [-0.2, 0) is 11.2 Å². The third kappa shape index (κ3) is 3.52. The molecular formula is C15H16N2O3S. The van der Waals surface area contributed by atoms with Gasteiger partial charge in [-0.2, -0.15) is 0 Å². The van der Waals surface area contributed by atoms with Crippen molar-refractivity contribution >= 4 is 22.9 Å². The Bertz CT molecular complexity index is 654. The maximum absolute atomic E-state index is 12.0. The Balaban J connectivity index is 1.67. The summed E-state index contributed by atoms with van der Waals surface area (Å²) in [6, 6.07) is 5.44. The number of thiazole rings is 1. The van der Waals surface area contributed by atoms with Gasteiger partial charge >= 0.3 is 0 Å². The van der Waals surface area contributed by atoms with Crippen LogP contribution in [-0.4, -0.2) is 24.1 Å². The van der Waals surface area contributed by atoms with Crippen LogP contribution in [0.5, 0.6) is 11.5 Å². The highest BCUT2D eigenvalue weighted by atomic mass is 32.1.